The second-order valence-corrected chi connectivity index (χ2v) is 3.99. The van der Waals surface area contributed by atoms with Crippen molar-refractivity contribution in [1.29, 1.82) is 0 Å². The van der Waals surface area contributed by atoms with Gasteiger partial charge in [0.1, 0.15) is 7.28 Å². The topological polar surface area (TPSA) is 18.5 Å². The van der Waals surface area contributed by atoms with Gasteiger partial charge >= 0.3 is 0 Å². The Hall–Kier alpha value is -0.0151. The Balaban J connectivity index is 2.36. The van der Waals surface area contributed by atoms with Gasteiger partial charge in [-0.15, -0.1) is 0 Å². The largest absolute Gasteiger partial charge is 0.348 e. The van der Waals surface area contributed by atoms with Crippen LogP contribution in [0.5, 0.6) is 0 Å². The first-order valence-corrected chi connectivity index (χ1v) is 4.65. The maximum absolute atomic E-state index is 5.72. The zero-order valence-corrected chi connectivity index (χ0v) is 8.46. The predicted octanol–water partition coefficient (Wildman–Crippen LogP) is 1.94. The van der Waals surface area contributed by atoms with Crippen LogP contribution < -0.4 is 0 Å². The fourth-order valence-corrected chi connectivity index (χ4v) is 1.52. The Morgan fingerprint density at radius 2 is 2.25 bits per heavy atom. The summed E-state index contributed by atoms with van der Waals surface area (Å²) < 4.78 is 11.2. The summed E-state index contributed by atoms with van der Waals surface area (Å²) in [5, 5.41) is 0. The fourth-order valence-electron chi connectivity index (χ4n) is 1.52. The number of hydrogen-bond acceptors (Lipinski definition) is 2. The molecule has 2 unspecified atom stereocenters. The highest BCUT2D eigenvalue weighted by molar-refractivity contribution is 6.33. The molecule has 2 atom stereocenters. The third-order valence-corrected chi connectivity index (χ3v) is 2.27. The van der Waals surface area contributed by atoms with Gasteiger partial charge in [0.05, 0.1) is 12.7 Å². The summed E-state index contributed by atoms with van der Waals surface area (Å²) >= 11 is 0. The van der Waals surface area contributed by atoms with Gasteiger partial charge in [-0.25, -0.2) is 0 Å². The molecular formula is C9H18BO2. The zero-order chi connectivity index (χ0) is 9.19. The molecule has 2 nitrogen and oxygen atoms in total. The SMILES string of the molecule is C[B]CC(C)C1COC(C)(C)O1. The molecule has 1 rings (SSSR count). The van der Waals surface area contributed by atoms with E-state index < -0.39 is 0 Å². The van der Waals surface area contributed by atoms with Crippen LogP contribution in [-0.4, -0.2) is 25.8 Å². The molecule has 0 aromatic carbocycles. The molecule has 0 spiro atoms. The van der Waals surface area contributed by atoms with Gasteiger partial charge in [-0.2, -0.15) is 0 Å². The maximum Gasteiger partial charge on any atom is 0.163 e. The Bertz CT molecular complexity index is 147. The van der Waals surface area contributed by atoms with Crippen LogP contribution in [0.25, 0.3) is 0 Å². The third kappa shape index (κ3) is 2.49. The van der Waals surface area contributed by atoms with E-state index in [1.807, 2.05) is 13.8 Å². The van der Waals surface area contributed by atoms with Crippen LogP contribution in [0.4, 0.5) is 0 Å². The van der Waals surface area contributed by atoms with E-state index in [0.29, 0.717) is 5.92 Å². The van der Waals surface area contributed by atoms with Crippen molar-refractivity contribution in [2.24, 2.45) is 5.92 Å². The lowest BCUT2D eigenvalue weighted by atomic mass is 9.71. The molecule has 1 heterocycles. The van der Waals surface area contributed by atoms with Gasteiger partial charge in [0.15, 0.2) is 5.79 Å². The van der Waals surface area contributed by atoms with Gasteiger partial charge in [-0.05, 0) is 19.8 Å². The molecule has 0 aromatic rings. The molecule has 1 aliphatic rings. The minimum atomic E-state index is -0.368. The van der Waals surface area contributed by atoms with Gasteiger partial charge in [-0.3, -0.25) is 0 Å². The standard InChI is InChI=1S/C9H18BO2/c1-7(5-10-4)8-6-11-9(2,3)12-8/h7-8H,5-6H2,1-4H3. The van der Waals surface area contributed by atoms with Crippen molar-refractivity contribution >= 4 is 7.28 Å². The molecule has 1 aliphatic heterocycles. The molecular weight excluding hydrogens is 151 g/mol. The van der Waals surface area contributed by atoms with E-state index in [1.165, 1.54) is 0 Å². The second-order valence-electron chi connectivity index (χ2n) is 3.99. The van der Waals surface area contributed by atoms with E-state index in [0.717, 1.165) is 12.9 Å². The van der Waals surface area contributed by atoms with Crippen LogP contribution in [0, 0.1) is 5.92 Å². The summed E-state index contributed by atoms with van der Waals surface area (Å²) in [6.45, 7) is 8.96. The van der Waals surface area contributed by atoms with Crippen molar-refractivity contribution in [2.75, 3.05) is 6.61 Å². The van der Waals surface area contributed by atoms with Crippen molar-refractivity contribution in [3.63, 3.8) is 0 Å². The van der Waals surface area contributed by atoms with Crippen LogP contribution in [0.15, 0.2) is 0 Å². The molecule has 12 heavy (non-hydrogen) atoms. The first-order chi connectivity index (χ1) is 5.55. The van der Waals surface area contributed by atoms with E-state index in [1.54, 1.807) is 0 Å². The van der Waals surface area contributed by atoms with E-state index >= 15 is 0 Å². The van der Waals surface area contributed by atoms with Gasteiger partial charge in [0, 0.05) is 0 Å². The summed E-state index contributed by atoms with van der Waals surface area (Å²) in [6, 6.07) is 0. The predicted molar refractivity (Wildman–Crippen MR) is 50.5 cm³/mol. The average molecular weight is 169 g/mol. The summed E-state index contributed by atoms with van der Waals surface area (Å²) in [7, 11) is 2.18. The van der Waals surface area contributed by atoms with E-state index in [4.69, 9.17) is 9.47 Å². The van der Waals surface area contributed by atoms with Gasteiger partial charge in [0.2, 0.25) is 0 Å². The van der Waals surface area contributed by atoms with E-state index in [-0.39, 0.29) is 11.9 Å². The van der Waals surface area contributed by atoms with Crippen LogP contribution in [0.1, 0.15) is 20.8 Å². The quantitative estimate of drug-likeness (QED) is 0.601. The van der Waals surface area contributed by atoms with Crippen LogP contribution >= 0.6 is 0 Å². The van der Waals surface area contributed by atoms with Crippen molar-refractivity contribution < 1.29 is 9.47 Å². The van der Waals surface area contributed by atoms with Crippen LogP contribution in [0.2, 0.25) is 13.1 Å². The minimum Gasteiger partial charge on any atom is -0.348 e. The molecule has 0 aliphatic carbocycles. The molecule has 1 saturated heterocycles. The molecule has 0 amide bonds. The Labute approximate surface area is 75.9 Å². The lowest BCUT2D eigenvalue weighted by Crippen LogP contribution is -2.25. The second kappa shape index (κ2) is 3.80. The molecule has 0 bridgehead atoms. The van der Waals surface area contributed by atoms with Gasteiger partial charge in [0.25, 0.3) is 0 Å². The third-order valence-electron chi connectivity index (χ3n) is 2.27. The maximum atomic E-state index is 5.72. The van der Waals surface area contributed by atoms with E-state index in [2.05, 4.69) is 21.0 Å². The van der Waals surface area contributed by atoms with Gasteiger partial charge in [-0.1, -0.05) is 20.1 Å². The lowest BCUT2D eigenvalue weighted by molar-refractivity contribution is -0.142. The number of hydrogen-bond donors (Lipinski definition) is 0. The smallest absolute Gasteiger partial charge is 0.163 e. The highest BCUT2D eigenvalue weighted by Crippen LogP contribution is 2.27. The number of ether oxygens (including phenoxy) is 2. The average Bonchev–Trinajstić information content (AvgIpc) is 2.31. The van der Waals surface area contributed by atoms with E-state index in [9.17, 15) is 0 Å². The first kappa shape index (κ1) is 10.1. The summed E-state index contributed by atoms with van der Waals surface area (Å²) in [5.74, 6) is 0.198. The fraction of sp³-hybridized carbons (Fsp3) is 1.00. The van der Waals surface area contributed by atoms with Crippen molar-refractivity contribution in [3.05, 3.63) is 0 Å². The molecule has 0 N–H and O–H groups in total. The van der Waals surface area contributed by atoms with Crippen LogP contribution in [-0.2, 0) is 9.47 Å². The monoisotopic (exact) mass is 169 g/mol. The molecule has 1 fully saturated rings. The Morgan fingerprint density at radius 3 is 2.67 bits per heavy atom. The highest BCUT2D eigenvalue weighted by Gasteiger charge is 2.34. The first-order valence-electron chi connectivity index (χ1n) is 4.65. The Morgan fingerprint density at radius 1 is 1.58 bits per heavy atom. The van der Waals surface area contributed by atoms with Gasteiger partial charge < -0.3 is 9.47 Å². The molecule has 1 radical (unpaired) electrons. The lowest BCUT2D eigenvalue weighted by Gasteiger charge is -2.20. The van der Waals surface area contributed by atoms with Crippen molar-refractivity contribution in [2.45, 2.75) is 45.8 Å². The minimum absolute atomic E-state index is 0.274. The van der Waals surface area contributed by atoms with Crippen molar-refractivity contribution in [1.82, 2.24) is 0 Å². The zero-order valence-electron chi connectivity index (χ0n) is 8.46. The molecule has 69 valence electrons. The number of rotatable bonds is 3. The Kier molecular flexibility index (Phi) is 3.19. The molecule has 0 aromatic heterocycles. The molecule has 3 heteroatoms. The summed E-state index contributed by atoms with van der Waals surface area (Å²) in [4.78, 5) is 0. The highest BCUT2D eigenvalue weighted by atomic mass is 16.7. The summed E-state index contributed by atoms with van der Waals surface area (Å²) in [6.07, 6.45) is 1.38. The van der Waals surface area contributed by atoms with Crippen molar-refractivity contribution in [3.8, 4) is 0 Å². The normalized spacial score (nSPS) is 30.2. The molecule has 0 saturated carbocycles. The summed E-state index contributed by atoms with van der Waals surface area (Å²) in [5.41, 5.74) is 0. The van der Waals surface area contributed by atoms with Crippen LogP contribution in [0.3, 0.4) is 0 Å².